The van der Waals surface area contributed by atoms with E-state index in [1.165, 1.54) is 0 Å². The van der Waals surface area contributed by atoms with Crippen LogP contribution in [0.1, 0.15) is 25.7 Å². The van der Waals surface area contributed by atoms with Crippen LogP contribution in [0.5, 0.6) is 0 Å². The molecule has 0 aliphatic heterocycles. The molecule has 0 radical (unpaired) electrons. The molecule has 0 unspecified atom stereocenters. The molecule has 1 aliphatic carbocycles. The molecule has 0 atom stereocenters. The molecule has 23 heavy (non-hydrogen) atoms. The van der Waals surface area contributed by atoms with Crippen LogP contribution in [0.2, 0.25) is 0 Å². The number of fused-ring (bicyclic) bond motifs is 1. The summed E-state index contributed by atoms with van der Waals surface area (Å²) in [4.78, 5) is 8.99. The molecule has 1 aliphatic rings. The van der Waals surface area contributed by atoms with Gasteiger partial charge in [0.1, 0.15) is 0 Å². The van der Waals surface area contributed by atoms with Gasteiger partial charge in [-0.05, 0) is 25.7 Å². The Morgan fingerprint density at radius 3 is 2.74 bits per heavy atom. The van der Waals surface area contributed by atoms with Crippen molar-refractivity contribution in [1.29, 1.82) is 0 Å². The Bertz CT molecular complexity index is 815. The molecule has 1 saturated carbocycles. The third kappa shape index (κ3) is 2.68. The van der Waals surface area contributed by atoms with Crippen molar-refractivity contribution in [2.24, 2.45) is 7.05 Å². The first-order valence-electron chi connectivity index (χ1n) is 7.96. The van der Waals surface area contributed by atoms with Gasteiger partial charge in [-0.3, -0.25) is 9.08 Å². The van der Waals surface area contributed by atoms with Crippen LogP contribution in [0.25, 0.3) is 16.9 Å². The van der Waals surface area contributed by atoms with Crippen LogP contribution in [0.4, 0.5) is 5.82 Å². The molecule has 3 heterocycles. The second kappa shape index (κ2) is 5.66. The smallest absolute Gasteiger partial charge is 0.180 e. The van der Waals surface area contributed by atoms with Crippen LogP contribution in [0.15, 0.2) is 31.0 Å². The van der Waals surface area contributed by atoms with Gasteiger partial charge < -0.3 is 10.4 Å². The van der Waals surface area contributed by atoms with Crippen LogP contribution in [0.3, 0.4) is 0 Å². The molecular formula is C16H20N6O. The number of aliphatic hydroxyl groups excluding tert-OH is 1. The second-order valence-electron chi connectivity index (χ2n) is 6.17. The first-order chi connectivity index (χ1) is 11.2. The van der Waals surface area contributed by atoms with E-state index in [9.17, 15) is 5.11 Å². The Kier molecular flexibility index (Phi) is 3.49. The fraction of sp³-hybridized carbons (Fsp3) is 0.438. The lowest BCUT2D eigenvalue weighted by Crippen LogP contribution is -2.28. The van der Waals surface area contributed by atoms with Gasteiger partial charge in [-0.1, -0.05) is 0 Å². The van der Waals surface area contributed by atoms with Crippen LogP contribution in [0, 0.1) is 0 Å². The maximum Gasteiger partial charge on any atom is 0.180 e. The van der Waals surface area contributed by atoms with E-state index in [1.54, 1.807) is 10.9 Å². The van der Waals surface area contributed by atoms with Crippen LogP contribution in [-0.4, -0.2) is 41.4 Å². The molecule has 3 aromatic heterocycles. The molecule has 1 fully saturated rings. The highest BCUT2D eigenvalue weighted by molar-refractivity contribution is 5.70. The van der Waals surface area contributed by atoms with Gasteiger partial charge >= 0.3 is 0 Å². The number of aliphatic hydroxyl groups is 1. The van der Waals surface area contributed by atoms with E-state index in [1.807, 2.05) is 36.2 Å². The molecule has 120 valence electrons. The number of hydrogen-bond acceptors (Lipinski definition) is 5. The molecule has 0 saturated heterocycles. The lowest BCUT2D eigenvalue weighted by Gasteiger charge is -2.26. The number of nitrogens with one attached hydrogen (secondary N) is 1. The maximum absolute atomic E-state index is 9.63. The van der Waals surface area contributed by atoms with E-state index in [4.69, 9.17) is 0 Å². The zero-order chi connectivity index (χ0) is 15.8. The summed E-state index contributed by atoms with van der Waals surface area (Å²) in [7, 11) is 1.90. The summed E-state index contributed by atoms with van der Waals surface area (Å²) >= 11 is 0. The van der Waals surface area contributed by atoms with E-state index >= 15 is 0 Å². The van der Waals surface area contributed by atoms with E-state index in [0.29, 0.717) is 6.04 Å². The van der Waals surface area contributed by atoms with E-state index < -0.39 is 0 Å². The minimum Gasteiger partial charge on any atom is -0.393 e. The molecule has 4 rings (SSSR count). The Hall–Kier alpha value is -2.41. The van der Waals surface area contributed by atoms with Crippen LogP contribution < -0.4 is 5.32 Å². The number of imidazole rings is 1. The van der Waals surface area contributed by atoms with Crippen molar-refractivity contribution in [2.75, 3.05) is 5.32 Å². The highest BCUT2D eigenvalue weighted by Gasteiger charge is 2.21. The lowest BCUT2D eigenvalue weighted by molar-refractivity contribution is 0.126. The standard InChI is InChI=1S/C16H20N6O/c1-21-10-11(8-19-21)14-9-18-16-15(17-6-7-22(14)16)20-12-2-4-13(23)5-3-12/h6-10,12-13,23H,2-5H2,1H3,(H,17,20). The number of anilines is 1. The minimum atomic E-state index is -0.152. The molecule has 0 bridgehead atoms. The second-order valence-corrected chi connectivity index (χ2v) is 6.17. The maximum atomic E-state index is 9.63. The predicted molar refractivity (Wildman–Crippen MR) is 87.1 cm³/mol. The summed E-state index contributed by atoms with van der Waals surface area (Å²) in [6.07, 6.45) is 12.8. The summed E-state index contributed by atoms with van der Waals surface area (Å²) < 4.78 is 3.81. The quantitative estimate of drug-likeness (QED) is 0.771. The Morgan fingerprint density at radius 1 is 1.17 bits per heavy atom. The van der Waals surface area contributed by atoms with E-state index in [2.05, 4.69) is 20.4 Å². The number of aryl methyl sites for hydroxylation is 1. The first-order valence-corrected chi connectivity index (χ1v) is 7.96. The average Bonchev–Trinajstić information content (AvgIpc) is 3.16. The molecule has 0 amide bonds. The van der Waals surface area contributed by atoms with Gasteiger partial charge in [-0.25, -0.2) is 9.97 Å². The van der Waals surface area contributed by atoms with E-state index in [-0.39, 0.29) is 6.10 Å². The van der Waals surface area contributed by atoms with Crippen molar-refractivity contribution in [3.63, 3.8) is 0 Å². The Balaban J connectivity index is 1.65. The van der Waals surface area contributed by atoms with Crippen molar-refractivity contribution in [3.8, 4) is 11.3 Å². The van der Waals surface area contributed by atoms with Gasteiger partial charge in [-0.2, -0.15) is 5.10 Å². The average molecular weight is 312 g/mol. The van der Waals surface area contributed by atoms with Gasteiger partial charge in [0, 0.05) is 37.2 Å². The fourth-order valence-electron chi connectivity index (χ4n) is 3.20. The Labute approximate surface area is 134 Å². The summed E-state index contributed by atoms with van der Waals surface area (Å²) in [5.74, 6) is 0.795. The number of hydrogen-bond donors (Lipinski definition) is 2. The highest BCUT2D eigenvalue weighted by atomic mass is 16.3. The number of rotatable bonds is 3. The molecule has 2 N–H and O–H groups in total. The van der Waals surface area contributed by atoms with Crippen molar-refractivity contribution in [3.05, 3.63) is 31.0 Å². The summed E-state index contributed by atoms with van der Waals surface area (Å²) in [6.45, 7) is 0. The molecule has 0 spiro atoms. The lowest BCUT2D eigenvalue weighted by atomic mass is 9.93. The summed E-state index contributed by atoms with van der Waals surface area (Å²) in [5.41, 5.74) is 2.84. The topological polar surface area (TPSA) is 80.3 Å². The molecule has 7 heteroatoms. The van der Waals surface area contributed by atoms with Crippen LogP contribution >= 0.6 is 0 Å². The summed E-state index contributed by atoms with van der Waals surface area (Å²) in [6, 6.07) is 0.343. The van der Waals surface area contributed by atoms with Gasteiger partial charge in [-0.15, -0.1) is 0 Å². The van der Waals surface area contributed by atoms with Gasteiger partial charge in [0.25, 0.3) is 0 Å². The van der Waals surface area contributed by atoms with Crippen molar-refractivity contribution in [2.45, 2.75) is 37.8 Å². The van der Waals surface area contributed by atoms with Gasteiger partial charge in [0.2, 0.25) is 0 Å². The number of aromatic nitrogens is 5. The molecule has 3 aromatic rings. The van der Waals surface area contributed by atoms with Gasteiger partial charge in [0.05, 0.1) is 24.2 Å². The molecule has 0 aromatic carbocycles. The Morgan fingerprint density at radius 2 is 2.00 bits per heavy atom. The molecule has 7 nitrogen and oxygen atoms in total. The zero-order valence-corrected chi connectivity index (χ0v) is 13.1. The normalized spacial score (nSPS) is 21.7. The SMILES string of the molecule is Cn1cc(-c2cnc3c(NC4CCC(O)CC4)nccn23)cn1. The first kappa shape index (κ1) is 14.2. The van der Waals surface area contributed by atoms with Crippen molar-refractivity contribution < 1.29 is 5.11 Å². The minimum absolute atomic E-state index is 0.152. The van der Waals surface area contributed by atoms with Crippen LogP contribution in [-0.2, 0) is 7.05 Å². The zero-order valence-electron chi connectivity index (χ0n) is 13.1. The molecular weight excluding hydrogens is 292 g/mol. The summed E-state index contributed by atoms with van der Waals surface area (Å²) in [5, 5.41) is 17.3. The van der Waals surface area contributed by atoms with Crippen molar-refractivity contribution in [1.82, 2.24) is 24.1 Å². The third-order valence-corrected chi connectivity index (χ3v) is 4.47. The third-order valence-electron chi connectivity index (χ3n) is 4.47. The highest BCUT2D eigenvalue weighted by Crippen LogP contribution is 2.26. The number of nitrogens with zero attached hydrogens (tertiary/aromatic N) is 5. The largest absolute Gasteiger partial charge is 0.393 e. The van der Waals surface area contributed by atoms with E-state index in [0.717, 1.165) is 48.4 Å². The van der Waals surface area contributed by atoms with Crippen molar-refractivity contribution >= 4 is 11.5 Å². The fourth-order valence-corrected chi connectivity index (χ4v) is 3.20. The monoisotopic (exact) mass is 312 g/mol. The van der Waals surface area contributed by atoms with Gasteiger partial charge in [0.15, 0.2) is 11.5 Å². The predicted octanol–water partition coefficient (Wildman–Crippen LogP) is 1.85.